The molecular formula is C20H29ClN2O5. The van der Waals surface area contributed by atoms with Crippen molar-refractivity contribution in [3.8, 4) is 5.75 Å². The van der Waals surface area contributed by atoms with Crippen LogP contribution in [0.1, 0.15) is 47.1 Å². The van der Waals surface area contributed by atoms with Crippen molar-refractivity contribution >= 4 is 23.8 Å². The van der Waals surface area contributed by atoms with Crippen molar-refractivity contribution in [2.75, 3.05) is 20.2 Å². The molecule has 156 valence electrons. The Morgan fingerprint density at radius 2 is 1.64 bits per heavy atom. The second-order valence-electron chi connectivity index (χ2n) is 8.89. The SMILES string of the molecule is COc1ccc(C2(NC(=O)OC(C)(C)C)CN(C(=O)OC(C)(C)C)C2)cc1Cl. The summed E-state index contributed by atoms with van der Waals surface area (Å²) in [5.41, 5.74) is -1.31. The van der Waals surface area contributed by atoms with Gasteiger partial charge in [0, 0.05) is 0 Å². The van der Waals surface area contributed by atoms with E-state index >= 15 is 0 Å². The summed E-state index contributed by atoms with van der Waals surface area (Å²) < 4.78 is 16.0. The fourth-order valence-electron chi connectivity index (χ4n) is 2.86. The van der Waals surface area contributed by atoms with E-state index < -0.39 is 28.9 Å². The first kappa shape index (κ1) is 22.1. The highest BCUT2D eigenvalue weighted by Gasteiger charge is 2.49. The highest BCUT2D eigenvalue weighted by atomic mass is 35.5. The fourth-order valence-corrected chi connectivity index (χ4v) is 3.12. The lowest BCUT2D eigenvalue weighted by molar-refractivity contribution is -0.0230. The standard InChI is InChI=1S/C20H29ClN2O5/c1-18(2,3)27-16(24)22-20(13-8-9-15(26-7)14(21)10-13)11-23(12-20)17(25)28-19(4,5)6/h8-10H,11-12H2,1-7H3,(H,22,24). The molecule has 0 aliphatic carbocycles. The van der Waals surface area contributed by atoms with E-state index in [2.05, 4.69) is 5.32 Å². The van der Waals surface area contributed by atoms with E-state index in [-0.39, 0.29) is 13.1 Å². The quantitative estimate of drug-likeness (QED) is 0.799. The Labute approximate surface area is 171 Å². The predicted octanol–water partition coefficient (Wildman–Crippen LogP) is 4.32. The third kappa shape index (κ3) is 5.44. The molecule has 1 aliphatic rings. The minimum atomic E-state index is -0.824. The highest BCUT2D eigenvalue weighted by Crippen LogP contribution is 2.37. The minimum absolute atomic E-state index is 0.240. The minimum Gasteiger partial charge on any atom is -0.495 e. The average molecular weight is 413 g/mol. The van der Waals surface area contributed by atoms with Crippen LogP contribution in [0.4, 0.5) is 9.59 Å². The Kier molecular flexibility index (Phi) is 6.09. The van der Waals surface area contributed by atoms with Crippen LogP contribution in [-0.4, -0.2) is 48.5 Å². The average Bonchev–Trinajstić information content (AvgIpc) is 2.46. The maximum Gasteiger partial charge on any atom is 0.410 e. The first-order valence-corrected chi connectivity index (χ1v) is 9.46. The van der Waals surface area contributed by atoms with Gasteiger partial charge in [0.05, 0.1) is 25.2 Å². The van der Waals surface area contributed by atoms with Gasteiger partial charge in [-0.15, -0.1) is 0 Å². The molecule has 1 aromatic carbocycles. The molecular weight excluding hydrogens is 384 g/mol. The number of carbonyl (C=O) groups is 2. The van der Waals surface area contributed by atoms with E-state index in [4.69, 9.17) is 25.8 Å². The lowest BCUT2D eigenvalue weighted by atomic mass is 9.82. The molecule has 8 heteroatoms. The molecule has 2 amide bonds. The largest absolute Gasteiger partial charge is 0.495 e. The van der Waals surface area contributed by atoms with Gasteiger partial charge in [-0.05, 0) is 59.2 Å². The second kappa shape index (κ2) is 7.70. The van der Waals surface area contributed by atoms with Gasteiger partial charge in [-0.2, -0.15) is 0 Å². The Hall–Kier alpha value is -2.15. The van der Waals surface area contributed by atoms with Crippen molar-refractivity contribution in [2.45, 2.75) is 58.3 Å². The van der Waals surface area contributed by atoms with Gasteiger partial charge in [0.15, 0.2) is 0 Å². The van der Waals surface area contributed by atoms with Crippen LogP contribution in [0.3, 0.4) is 0 Å². The van der Waals surface area contributed by atoms with Gasteiger partial charge in [-0.3, -0.25) is 0 Å². The molecule has 1 saturated heterocycles. The summed E-state index contributed by atoms with van der Waals surface area (Å²) in [5.74, 6) is 0.529. The number of hydrogen-bond acceptors (Lipinski definition) is 5. The van der Waals surface area contributed by atoms with Gasteiger partial charge in [-0.25, -0.2) is 9.59 Å². The Bertz CT molecular complexity index is 746. The summed E-state index contributed by atoms with van der Waals surface area (Å²) >= 11 is 6.27. The number of ether oxygens (including phenoxy) is 3. The van der Waals surface area contributed by atoms with Crippen molar-refractivity contribution in [3.05, 3.63) is 28.8 Å². The van der Waals surface area contributed by atoms with E-state index in [0.29, 0.717) is 10.8 Å². The molecule has 1 N–H and O–H groups in total. The topological polar surface area (TPSA) is 77.1 Å². The molecule has 2 rings (SSSR count). The smallest absolute Gasteiger partial charge is 0.410 e. The normalized spacial score (nSPS) is 16.1. The molecule has 1 aromatic rings. The maximum atomic E-state index is 12.4. The van der Waals surface area contributed by atoms with E-state index in [1.165, 1.54) is 12.0 Å². The second-order valence-corrected chi connectivity index (χ2v) is 9.30. The number of hydrogen-bond donors (Lipinski definition) is 1. The van der Waals surface area contributed by atoms with E-state index in [9.17, 15) is 9.59 Å². The number of methoxy groups -OCH3 is 1. The predicted molar refractivity (Wildman–Crippen MR) is 107 cm³/mol. The number of rotatable bonds is 3. The monoisotopic (exact) mass is 412 g/mol. The van der Waals surface area contributed by atoms with Gasteiger partial charge in [-0.1, -0.05) is 17.7 Å². The summed E-state index contributed by atoms with van der Waals surface area (Å²) in [6, 6.07) is 5.27. The van der Waals surface area contributed by atoms with Gasteiger partial charge in [0.25, 0.3) is 0 Å². The Morgan fingerprint density at radius 1 is 1.07 bits per heavy atom. The number of benzene rings is 1. The third-order valence-corrected chi connectivity index (χ3v) is 4.31. The number of nitrogens with zero attached hydrogens (tertiary/aromatic N) is 1. The van der Waals surface area contributed by atoms with Crippen molar-refractivity contribution < 1.29 is 23.8 Å². The molecule has 1 fully saturated rings. The Balaban J connectivity index is 2.25. The number of nitrogens with one attached hydrogen (secondary N) is 1. The van der Waals surface area contributed by atoms with Crippen LogP contribution >= 0.6 is 11.6 Å². The van der Waals surface area contributed by atoms with Crippen LogP contribution in [0.2, 0.25) is 5.02 Å². The Morgan fingerprint density at radius 3 is 2.11 bits per heavy atom. The van der Waals surface area contributed by atoms with Crippen molar-refractivity contribution in [3.63, 3.8) is 0 Å². The molecule has 0 spiro atoms. The number of likely N-dealkylation sites (tertiary alicyclic amines) is 1. The zero-order valence-electron chi connectivity index (χ0n) is 17.5. The molecule has 1 aliphatic heterocycles. The lowest BCUT2D eigenvalue weighted by Crippen LogP contribution is -2.69. The first-order chi connectivity index (χ1) is 12.7. The summed E-state index contributed by atoms with van der Waals surface area (Å²) in [7, 11) is 1.53. The number of amides is 2. The summed E-state index contributed by atoms with van der Waals surface area (Å²) in [6.07, 6.45) is -1.00. The van der Waals surface area contributed by atoms with Gasteiger partial charge >= 0.3 is 12.2 Å². The molecule has 0 radical (unpaired) electrons. The van der Waals surface area contributed by atoms with Gasteiger partial charge < -0.3 is 24.4 Å². The lowest BCUT2D eigenvalue weighted by Gasteiger charge is -2.50. The zero-order chi connectivity index (χ0) is 21.3. The summed E-state index contributed by atoms with van der Waals surface area (Å²) in [6.45, 7) is 11.3. The van der Waals surface area contributed by atoms with Gasteiger partial charge in [0.1, 0.15) is 22.5 Å². The number of halogens is 1. The molecule has 1 heterocycles. The highest BCUT2D eigenvalue weighted by molar-refractivity contribution is 6.32. The molecule has 0 atom stereocenters. The van der Waals surface area contributed by atoms with Crippen molar-refractivity contribution in [1.82, 2.24) is 10.2 Å². The van der Waals surface area contributed by atoms with Gasteiger partial charge in [0.2, 0.25) is 0 Å². The van der Waals surface area contributed by atoms with E-state index in [1.54, 1.807) is 53.7 Å². The first-order valence-electron chi connectivity index (χ1n) is 9.08. The zero-order valence-corrected chi connectivity index (χ0v) is 18.3. The van der Waals surface area contributed by atoms with E-state index in [0.717, 1.165) is 5.56 Å². The molecule has 7 nitrogen and oxygen atoms in total. The molecule has 0 aromatic heterocycles. The van der Waals surface area contributed by atoms with Crippen LogP contribution in [-0.2, 0) is 15.0 Å². The van der Waals surface area contributed by atoms with Crippen molar-refractivity contribution in [2.24, 2.45) is 0 Å². The van der Waals surface area contributed by atoms with Crippen LogP contribution in [0.5, 0.6) is 5.75 Å². The van der Waals surface area contributed by atoms with Crippen molar-refractivity contribution in [1.29, 1.82) is 0 Å². The molecule has 0 unspecified atom stereocenters. The fraction of sp³-hybridized carbons (Fsp3) is 0.600. The van der Waals surface area contributed by atoms with E-state index in [1.807, 2.05) is 6.07 Å². The number of alkyl carbamates (subject to hydrolysis) is 1. The molecule has 0 bridgehead atoms. The van der Waals surface area contributed by atoms with Crippen LogP contribution < -0.4 is 10.1 Å². The summed E-state index contributed by atoms with van der Waals surface area (Å²) in [4.78, 5) is 26.3. The van der Waals surface area contributed by atoms with Crippen LogP contribution in [0.15, 0.2) is 18.2 Å². The number of carbonyl (C=O) groups excluding carboxylic acids is 2. The molecule has 28 heavy (non-hydrogen) atoms. The maximum absolute atomic E-state index is 12.4. The van der Waals surface area contributed by atoms with Crippen LogP contribution in [0, 0.1) is 0 Å². The third-order valence-electron chi connectivity index (χ3n) is 4.02. The summed E-state index contributed by atoms with van der Waals surface area (Å²) in [5, 5.41) is 3.32. The molecule has 0 saturated carbocycles. The van der Waals surface area contributed by atoms with Crippen LogP contribution in [0.25, 0.3) is 0 Å².